The Bertz CT molecular complexity index is 560. The monoisotopic (exact) mass is 287 g/mol. The van der Waals surface area contributed by atoms with Crippen molar-refractivity contribution in [2.24, 2.45) is 5.73 Å². The van der Waals surface area contributed by atoms with Crippen LogP contribution in [-0.4, -0.2) is 20.6 Å². The van der Waals surface area contributed by atoms with Crippen LogP contribution in [0.4, 0.5) is 0 Å². The first-order valence-electron chi connectivity index (χ1n) is 7.07. The highest BCUT2D eigenvalue weighted by atomic mass is 32.2. The molecule has 1 fully saturated rings. The van der Waals surface area contributed by atoms with Gasteiger partial charge in [-0.3, -0.25) is 0 Å². The van der Waals surface area contributed by atoms with Crippen molar-refractivity contribution in [2.45, 2.75) is 36.6 Å². The van der Waals surface area contributed by atoms with E-state index in [2.05, 4.69) is 40.1 Å². The van der Waals surface area contributed by atoms with Gasteiger partial charge in [0.05, 0.1) is 18.1 Å². The second-order valence-corrected chi connectivity index (χ2v) is 6.90. The summed E-state index contributed by atoms with van der Waals surface area (Å²) in [5.74, 6) is 0. The number of imidazole rings is 1. The summed E-state index contributed by atoms with van der Waals surface area (Å²) in [5.41, 5.74) is 8.81. The number of rotatable bonds is 6. The van der Waals surface area contributed by atoms with Crippen molar-refractivity contribution in [3.8, 4) is 0 Å². The average molecular weight is 287 g/mol. The van der Waals surface area contributed by atoms with Gasteiger partial charge < -0.3 is 10.3 Å². The Morgan fingerprint density at radius 1 is 1.35 bits per heavy atom. The van der Waals surface area contributed by atoms with Gasteiger partial charge >= 0.3 is 0 Å². The van der Waals surface area contributed by atoms with E-state index in [1.807, 2.05) is 30.4 Å². The van der Waals surface area contributed by atoms with Crippen molar-refractivity contribution < 1.29 is 0 Å². The fourth-order valence-corrected chi connectivity index (χ4v) is 3.40. The molecule has 20 heavy (non-hydrogen) atoms. The number of hydrogen-bond donors (Lipinski definition) is 1. The Balaban J connectivity index is 1.72. The molecular weight excluding hydrogens is 266 g/mol. The highest BCUT2D eigenvalue weighted by Crippen LogP contribution is 2.48. The molecular formula is C16H21N3S. The highest BCUT2D eigenvalue weighted by molar-refractivity contribution is 8.00. The molecule has 106 valence electrons. The number of benzene rings is 1. The summed E-state index contributed by atoms with van der Waals surface area (Å²) in [5, 5.41) is 0. The lowest BCUT2D eigenvalue weighted by Gasteiger charge is -2.18. The van der Waals surface area contributed by atoms with Crippen LogP contribution in [0.25, 0.3) is 0 Å². The van der Waals surface area contributed by atoms with Gasteiger partial charge in [-0.25, -0.2) is 4.98 Å². The van der Waals surface area contributed by atoms with Crippen molar-refractivity contribution in [1.29, 1.82) is 0 Å². The number of nitrogens with zero attached hydrogens (tertiary/aromatic N) is 2. The molecule has 3 rings (SSSR count). The van der Waals surface area contributed by atoms with Gasteiger partial charge in [-0.05, 0) is 31.1 Å². The van der Waals surface area contributed by atoms with Gasteiger partial charge in [0, 0.05) is 17.5 Å². The summed E-state index contributed by atoms with van der Waals surface area (Å²) in [7, 11) is 0. The van der Waals surface area contributed by atoms with Gasteiger partial charge in [0.2, 0.25) is 0 Å². The Labute approximate surface area is 124 Å². The van der Waals surface area contributed by atoms with E-state index in [1.54, 1.807) is 0 Å². The first kappa shape index (κ1) is 13.7. The molecule has 0 radical (unpaired) electrons. The predicted octanol–water partition coefficient (Wildman–Crippen LogP) is 3.02. The van der Waals surface area contributed by atoms with Crippen LogP contribution in [0, 0.1) is 0 Å². The molecule has 1 aromatic heterocycles. The number of thioether (sulfide) groups is 1. The van der Waals surface area contributed by atoms with Crippen LogP contribution in [0.3, 0.4) is 0 Å². The molecule has 0 amide bonds. The third-order valence-electron chi connectivity index (χ3n) is 4.12. The summed E-state index contributed by atoms with van der Waals surface area (Å²) in [4.78, 5) is 4.30. The molecule has 0 bridgehead atoms. The molecule has 1 atom stereocenters. The second kappa shape index (κ2) is 5.62. The van der Waals surface area contributed by atoms with Crippen LogP contribution >= 0.6 is 11.8 Å². The molecule has 3 nitrogen and oxygen atoms in total. The minimum absolute atomic E-state index is 0.0116. The van der Waals surface area contributed by atoms with E-state index in [0.717, 1.165) is 18.7 Å². The van der Waals surface area contributed by atoms with Crippen molar-refractivity contribution in [3.05, 3.63) is 54.1 Å². The molecule has 0 saturated heterocycles. The van der Waals surface area contributed by atoms with Gasteiger partial charge in [0.1, 0.15) is 0 Å². The lowest BCUT2D eigenvalue weighted by atomic mass is 10.0. The summed E-state index contributed by atoms with van der Waals surface area (Å²) >= 11 is 1.97. The normalized spacial score (nSPS) is 17.9. The molecule has 0 spiro atoms. The summed E-state index contributed by atoms with van der Waals surface area (Å²) in [6, 6.07) is 10.4. The Hall–Kier alpha value is -1.26. The van der Waals surface area contributed by atoms with Gasteiger partial charge in [0.15, 0.2) is 0 Å². The molecule has 1 aromatic carbocycles. The predicted molar refractivity (Wildman–Crippen MR) is 84.8 cm³/mol. The molecule has 0 aliphatic heterocycles. The van der Waals surface area contributed by atoms with Gasteiger partial charge in [-0.15, -0.1) is 0 Å². The van der Waals surface area contributed by atoms with E-state index in [1.165, 1.54) is 18.4 Å². The van der Waals surface area contributed by atoms with Gasteiger partial charge in [0.25, 0.3) is 0 Å². The maximum atomic E-state index is 6.39. The summed E-state index contributed by atoms with van der Waals surface area (Å²) in [6.45, 7) is 1.03. The molecule has 1 saturated carbocycles. The Morgan fingerprint density at radius 2 is 2.10 bits per heavy atom. The third kappa shape index (κ3) is 2.91. The number of hydrogen-bond acceptors (Lipinski definition) is 3. The molecule has 2 aromatic rings. The third-order valence-corrected chi connectivity index (χ3v) is 5.53. The van der Waals surface area contributed by atoms with E-state index in [9.17, 15) is 0 Å². The van der Waals surface area contributed by atoms with E-state index in [-0.39, 0.29) is 6.04 Å². The lowest BCUT2D eigenvalue weighted by molar-refractivity contribution is 0.581. The first-order valence-corrected chi connectivity index (χ1v) is 8.30. The van der Waals surface area contributed by atoms with Crippen molar-refractivity contribution in [2.75, 3.05) is 6.26 Å². The zero-order chi connectivity index (χ0) is 14.0. The molecule has 2 N–H and O–H groups in total. The molecule has 0 unspecified atom stereocenters. The second-order valence-electron chi connectivity index (χ2n) is 5.63. The van der Waals surface area contributed by atoms with Crippen LogP contribution in [0.2, 0.25) is 0 Å². The zero-order valence-electron chi connectivity index (χ0n) is 11.8. The zero-order valence-corrected chi connectivity index (χ0v) is 12.6. The van der Waals surface area contributed by atoms with Crippen LogP contribution in [-0.2, 0) is 13.0 Å². The SMILES string of the molecule is CSC1(Cn2cncc2[C@H](N)Cc2ccccc2)CC1. The maximum absolute atomic E-state index is 6.39. The first-order chi connectivity index (χ1) is 9.72. The van der Waals surface area contributed by atoms with Crippen molar-refractivity contribution in [1.82, 2.24) is 9.55 Å². The highest BCUT2D eigenvalue weighted by Gasteiger charge is 2.42. The molecule has 1 aliphatic rings. The smallest absolute Gasteiger partial charge is 0.0949 e. The van der Waals surface area contributed by atoms with Crippen molar-refractivity contribution >= 4 is 11.8 Å². The topological polar surface area (TPSA) is 43.8 Å². The van der Waals surface area contributed by atoms with E-state index in [0.29, 0.717) is 4.75 Å². The maximum Gasteiger partial charge on any atom is 0.0949 e. The minimum Gasteiger partial charge on any atom is -0.332 e. The summed E-state index contributed by atoms with van der Waals surface area (Å²) < 4.78 is 2.68. The lowest BCUT2D eigenvalue weighted by Crippen LogP contribution is -2.21. The Morgan fingerprint density at radius 3 is 2.75 bits per heavy atom. The fraction of sp³-hybridized carbons (Fsp3) is 0.438. The van der Waals surface area contributed by atoms with Crippen LogP contribution in [0.5, 0.6) is 0 Å². The Kier molecular flexibility index (Phi) is 3.85. The molecule has 4 heteroatoms. The fourth-order valence-electron chi connectivity index (χ4n) is 2.62. The standard InChI is InChI=1S/C16H21N3S/c1-20-16(7-8-16)11-19-12-18-10-15(19)14(17)9-13-5-3-2-4-6-13/h2-6,10,12,14H,7-9,11,17H2,1H3/t14-/m1/s1. The molecule has 1 aliphatic carbocycles. The van der Waals surface area contributed by atoms with E-state index < -0.39 is 0 Å². The van der Waals surface area contributed by atoms with Crippen LogP contribution in [0.1, 0.15) is 30.1 Å². The van der Waals surface area contributed by atoms with Gasteiger partial charge in [-0.2, -0.15) is 11.8 Å². The van der Waals surface area contributed by atoms with Gasteiger partial charge in [-0.1, -0.05) is 30.3 Å². The quantitative estimate of drug-likeness (QED) is 0.888. The minimum atomic E-state index is 0.0116. The van der Waals surface area contributed by atoms with Crippen LogP contribution < -0.4 is 5.73 Å². The molecule has 1 heterocycles. The number of aromatic nitrogens is 2. The average Bonchev–Trinajstić information content (AvgIpc) is 3.09. The largest absolute Gasteiger partial charge is 0.332 e. The number of nitrogens with two attached hydrogens (primary N) is 1. The van der Waals surface area contributed by atoms with E-state index in [4.69, 9.17) is 5.73 Å². The van der Waals surface area contributed by atoms with Crippen molar-refractivity contribution in [3.63, 3.8) is 0 Å². The summed E-state index contributed by atoms with van der Waals surface area (Å²) in [6.07, 6.45) is 9.52. The van der Waals surface area contributed by atoms with Crippen LogP contribution in [0.15, 0.2) is 42.9 Å². The van der Waals surface area contributed by atoms with E-state index >= 15 is 0 Å².